The van der Waals surface area contributed by atoms with Gasteiger partial charge < -0.3 is 10.4 Å². The molecular formula is C13H19BrN2O. The fraction of sp³-hybridized carbons (Fsp3) is 0.615. The molecule has 1 aliphatic carbocycles. The maximum Gasteiger partial charge on any atom is 0.0819 e. The maximum atomic E-state index is 10.5. The van der Waals surface area contributed by atoms with Crippen LogP contribution in [0.15, 0.2) is 22.9 Å². The molecule has 1 fully saturated rings. The normalized spacial score (nSPS) is 19.6. The average Bonchev–Trinajstić information content (AvgIpc) is 2.53. The van der Waals surface area contributed by atoms with E-state index in [9.17, 15) is 5.11 Å². The van der Waals surface area contributed by atoms with Crippen LogP contribution in [0.2, 0.25) is 0 Å². The Morgan fingerprint density at radius 2 is 1.94 bits per heavy atom. The van der Waals surface area contributed by atoms with E-state index in [0.717, 1.165) is 35.8 Å². The van der Waals surface area contributed by atoms with Gasteiger partial charge >= 0.3 is 0 Å². The number of hydrogen-bond acceptors (Lipinski definition) is 3. The first-order valence-corrected chi connectivity index (χ1v) is 7.04. The molecule has 0 aliphatic heterocycles. The van der Waals surface area contributed by atoms with Gasteiger partial charge in [0.15, 0.2) is 0 Å². The molecule has 2 rings (SSSR count). The molecule has 94 valence electrons. The molecule has 1 aliphatic rings. The molecule has 1 heterocycles. The summed E-state index contributed by atoms with van der Waals surface area (Å²) in [6, 6.07) is 1.98. The molecular weight excluding hydrogens is 280 g/mol. The number of anilines is 1. The van der Waals surface area contributed by atoms with Crippen molar-refractivity contribution in [2.75, 3.05) is 11.9 Å². The highest BCUT2D eigenvalue weighted by molar-refractivity contribution is 9.10. The van der Waals surface area contributed by atoms with Gasteiger partial charge in [-0.2, -0.15) is 0 Å². The SMILES string of the molecule is OC1(CNc2cncc(Br)c2)CCCCCC1. The molecule has 3 nitrogen and oxygen atoms in total. The van der Waals surface area contributed by atoms with Crippen LogP contribution in [-0.4, -0.2) is 22.2 Å². The zero-order valence-corrected chi connectivity index (χ0v) is 11.5. The van der Waals surface area contributed by atoms with Crippen molar-refractivity contribution in [2.45, 2.75) is 44.1 Å². The summed E-state index contributed by atoms with van der Waals surface area (Å²) in [5, 5.41) is 13.8. The largest absolute Gasteiger partial charge is 0.388 e. The van der Waals surface area contributed by atoms with Gasteiger partial charge in [0.25, 0.3) is 0 Å². The van der Waals surface area contributed by atoms with Gasteiger partial charge in [-0.25, -0.2) is 0 Å². The second kappa shape index (κ2) is 5.83. The molecule has 0 amide bonds. The Morgan fingerprint density at radius 1 is 1.24 bits per heavy atom. The van der Waals surface area contributed by atoms with E-state index in [0.29, 0.717) is 6.54 Å². The lowest BCUT2D eigenvalue weighted by molar-refractivity contribution is 0.0381. The predicted octanol–water partition coefficient (Wildman–Crippen LogP) is 3.34. The van der Waals surface area contributed by atoms with Crippen LogP contribution in [0.3, 0.4) is 0 Å². The number of rotatable bonds is 3. The first-order chi connectivity index (χ1) is 8.18. The van der Waals surface area contributed by atoms with E-state index in [-0.39, 0.29) is 0 Å². The molecule has 1 saturated carbocycles. The van der Waals surface area contributed by atoms with E-state index < -0.39 is 5.60 Å². The van der Waals surface area contributed by atoms with Crippen molar-refractivity contribution in [1.29, 1.82) is 0 Å². The van der Waals surface area contributed by atoms with Gasteiger partial charge in [-0.15, -0.1) is 0 Å². The summed E-state index contributed by atoms with van der Waals surface area (Å²) in [4.78, 5) is 4.10. The Kier molecular flexibility index (Phi) is 4.40. The van der Waals surface area contributed by atoms with Crippen LogP contribution in [0, 0.1) is 0 Å². The van der Waals surface area contributed by atoms with Crippen LogP contribution in [0.5, 0.6) is 0 Å². The highest BCUT2D eigenvalue weighted by Gasteiger charge is 2.27. The number of nitrogens with zero attached hydrogens (tertiary/aromatic N) is 1. The summed E-state index contributed by atoms with van der Waals surface area (Å²) >= 11 is 3.39. The molecule has 0 spiro atoms. The zero-order chi connectivity index (χ0) is 12.1. The van der Waals surface area contributed by atoms with Crippen LogP contribution < -0.4 is 5.32 Å². The van der Waals surface area contributed by atoms with E-state index in [1.54, 1.807) is 12.4 Å². The Hall–Kier alpha value is -0.610. The number of pyridine rings is 1. The van der Waals surface area contributed by atoms with Crippen molar-refractivity contribution in [3.05, 3.63) is 22.9 Å². The van der Waals surface area contributed by atoms with E-state index >= 15 is 0 Å². The van der Waals surface area contributed by atoms with Crippen molar-refractivity contribution < 1.29 is 5.11 Å². The molecule has 0 radical (unpaired) electrons. The first kappa shape index (κ1) is 12.8. The number of aromatic nitrogens is 1. The van der Waals surface area contributed by atoms with Gasteiger partial charge in [-0.05, 0) is 34.8 Å². The molecule has 1 aromatic heterocycles. The minimum Gasteiger partial charge on any atom is -0.388 e. The van der Waals surface area contributed by atoms with Crippen LogP contribution in [0.4, 0.5) is 5.69 Å². The third-order valence-corrected chi connectivity index (χ3v) is 3.79. The van der Waals surface area contributed by atoms with E-state index in [2.05, 4.69) is 26.2 Å². The number of aliphatic hydroxyl groups is 1. The second-order valence-electron chi connectivity index (χ2n) is 4.88. The molecule has 0 aromatic carbocycles. The summed E-state index contributed by atoms with van der Waals surface area (Å²) in [5.41, 5.74) is 0.413. The molecule has 17 heavy (non-hydrogen) atoms. The smallest absolute Gasteiger partial charge is 0.0819 e. The minimum absolute atomic E-state index is 0.543. The standard InChI is InChI=1S/C13H19BrN2O/c14-11-7-12(9-15-8-11)16-10-13(17)5-3-1-2-4-6-13/h7-9,16-17H,1-6,10H2. The topological polar surface area (TPSA) is 45.1 Å². The third kappa shape index (κ3) is 3.96. The molecule has 2 N–H and O–H groups in total. The molecule has 0 saturated heterocycles. The highest BCUT2D eigenvalue weighted by Crippen LogP contribution is 2.27. The lowest BCUT2D eigenvalue weighted by atomic mass is 9.94. The summed E-state index contributed by atoms with van der Waals surface area (Å²) in [6.07, 6.45) is 10.1. The summed E-state index contributed by atoms with van der Waals surface area (Å²) in [7, 11) is 0. The van der Waals surface area contributed by atoms with Crippen molar-refractivity contribution in [3.8, 4) is 0 Å². The van der Waals surface area contributed by atoms with Gasteiger partial charge in [0.1, 0.15) is 0 Å². The number of nitrogens with one attached hydrogen (secondary N) is 1. The van der Waals surface area contributed by atoms with Crippen molar-refractivity contribution >= 4 is 21.6 Å². The lowest BCUT2D eigenvalue weighted by Gasteiger charge is -2.27. The van der Waals surface area contributed by atoms with Gasteiger partial charge in [-0.3, -0.25) is 4.98 Å². The summed E-state index contributed by atoms with van der Waals surface area (Å²) in [5.74, 6) is 0. The fourth-order valence-electron chi connectivity index (χ4n) is 2.34. The van der Waals surface area contributed by atoms with Gasteiger partial charge in [0.2, 0.25) is 0 Å². The Labute approximate surface area is 111 Å². The lowest BCUT2D eigenvalue weighted by Crippen LogP contribution is -2.36. The van der Waals surface area contributed by atoms with Crippen LogP contribution >= 0.6 is 15.9 Å². The van der Waals surface area contributed by atoms with Gasteiger partial charge in [0.05, 0.1) is 17.5 Å². The summed E-state index contributed by atoms with van der Waals surface area (Å²) in [6.45, 7) is 0.616. The molecule has 0 bridgehead atoms. The van der Waals surface area contributed by atoms with Gasteiger partial charge in [0, 0.05) is 17.2 Å². The number of hydrogen-bond donors (Lipinski definition) is 2. The van der Waals surface area contributed by atoms with Crippen LogP contribution in [0.25, 0.3) is 0 Å². The van der Waals surface area contributed by atoms with Gasteiger partial charge in [-0.1, -0.05) is 25.7 Å². The quantitative estimate of drug-likeness (QED) is 0.841. The second-order valence-corrected chi connectivity index (χ2v) is 5.80. The summed E-state index contributed by atoms with van der Waals surface area (Å²) < 4.78 is 0.954. The van der Waals surface area contributed by atoms with Crippen LogP contribution in [0.1, 0.15) is 38.5 Å². The monoisotopic (exact) mass is 298 g/mol. The van der Waals surface area contributed by atoms with E-state index in [1.165, 1.54) is 12.8 Å². The van der Waals surface area contributed by atoms with Crippen molar-refractivity contribution in [2.24, 2.45) is 0 Å². The zero-order valence-electron chi connectivity index (χ0n) is 9.95. The number of halogens is 1. The minimum atomic E-state index is -0.543. The molecule has 1 aromatic rings. The Bertz CT molecular complexity index is 362. The molecule has 0 unspecified atom stereocenters. The van der Waals surface area contributed by atoms with Crippen LogP contribution in [-0.2, 0) is 0 Å². The molecule has 4 heteroatoms. The van der Waals surface area contributed by atoms with E-state index in [4.69, 9.17) is 0 Å². The first-order valence-electron chi connectivity index (χ1n) is 6.25. The van der Waals surface area contributed by atoms with Crippen molar-refractivity contribution in [3.63, 3.8) is 0 Å². The van der Waals surface area contributed by atoms with Crippen molar-refractivity contribution in [1.82, 2.24) is 4.98 Å². The predicted molar refractivity (Wildman–Crippen MR) is 73.1 cm³/mol. The maximum absolute atomic E-state index is 10.5. The Morgan fingerprint density at radius 3 is 2.59 bits per heavy atom. The average molecular weight is 299 g/mol. The fourth-order valence-corrected chi connectivity index (χ4v) is 2.70. The molecule has 0 atom stereocenters. The highest BCUT2D eigenvalue weighted by atomic mass is 79.9. The van der Waals surface area contributed by atoms with E-state index in [1.807, 2.05) is 6.07 Å². The third-order valence-electron chi connectivity index (χ3n) is 3.36. The Balaban J connectivity index is 1.92.